The lowest BCUT2D eigenvalue weighted by Gasteiger charge is -2.32. The Labute approximate surface area is 156 Å². The fraction of sp³-hybridized carbons (Fsp3) is 0.316. The first-order valence-corrected chi connectivity index (χ1v) is 8.99. The third kappa shape index (κ3) is 5.18. The maximum Gasteiger partial charge on any atom is 0.228 e. The average Bonchev–Trinajstić information content (AvgIpc) is 2.56. The molecule has 2 aromatic carbocycles. The van der Waals surface area contributed by atoms with Gasteiger partial charge in [-0.1, -0.05) is 35.3 Å². The highest BCUT2D eigenvalue weighted by molar-refractivity contribution is 6.35. The van der Waals surface area contributed by atoms with E-state index in [1.807, 2.05) is 0 Å². The normalized spacial score (nSPS) is 18.1. The summed E-state index contributed by atoms with van der Waals surface area (Å²) in [6.45, 7) is 2.33. The highest BCUT2D eigenvalue weighted by Gasteiger charge is 2.26. The molecule has 1 amide bonds. The maximum atomic E-state index is 13.0. The first-order chi connectivity index (χ1) is 12.0. The molecular formula is C19H19Cl2FN2O. The summed E-state index contributed by atoms with van der Waals surface area (Å²) in [6.07, 6.45) is 1.80. The Bertz CT molecular complexity index is 731. The van der Waals surface area contributed by atoms with Crippen LogP contribution in [0, 0.1) is 11.7 Å². The average molecular weight is 381 g/mol. The van der Waals surface area contributed by atoms with Crippen molar-refractivity contribution < 1.29 is 9.18 Å². The number of piperidine rings is 1. The summed E-state index contributed by atoms with van der Waals surface area (Å²) in [6, 6.07) is 11.5. The second-order valence-electron chi connectivity index (χ2n) is 6.35. The van der Waals surface area contributed by atoms with Gasteiger partial charge in [0.25, 0.3) is 0 Å². The molecule has 0 spiro atoms. The van der Waals surface area contributed by atoms with Gasteiger partial charge in [0.2, 0.25) is 5.91 Å². The Hall–Kier alpha value is -1.62. The SMILES string of the molecule is O=C(Nc1cc(Cl)cc(Cl)c1)[C@@H]1CCCN(Cc2ccc(F)cc2)C1. The lowest BCUT2D eigenvalue weighted by molar-refractivity contribution is -0.121. The van der Waals surface area contributed by atoms with Crippen molar-refractivity contribution in [2.45, 2.75) is 19.4 Å². The number of hydrogen-bond donors (Lipinski definition) is 1. The van der Waals surface area contributed by atoms with E-state index in [0.29, 0.717) is 28.8 Å². The minimum absolute atomic E-state index is 0.0258. The Balaban J connectivity index is 1.60. The summed E-state index contributed by atoms with van der Waals surface area (Å²) in [5.74, 6) is -0.353. The number of likely N-dealkylation sites (tertiary alicyclic amines) is 1. The lowest BCUT2D eigenvalue weighted by Crippen LogP contribution is -2.40. The molecule has 0 radical (unpaired) electrons. The van der Waals surface area contributed by atoms with Gasteiger partial charge >= 0.3 is 0 Å². The van der Waals surface area contributed by atoms with Crippen LogP contribution in [0.2, 0.25) is 10.0 Å². The van der Waals surface area contributed by atoms with E-state index in [2.05, 4.69) is 10.2 Å². The lowest BCUT2D eigenvalue weighted by atomic mass is 9.96. The van der Waals surface area contributed by atoms with Gasteiger partial charge in [-0.05, 0) is 55.3 Å². The predicted octanol–water partition coefficient (Wildman–Crippen LogP) is 4.98. The van der Waals surface area contributed by atoms with Crippen molar-refractivity contribution in [1.29, 1.82) is 0 Å². The van der Waals surface area contributed by atoms with Gasteiger partial charge in [0.1, 0.15) is 5.82 Å². The monoisotopic (exact) mass is 380 g/mol. The van der Waals surface area contributed by atoms with E-state index in [-0.39, 0.29) is 17.6 Å². The molecule has 6 heteroatoms. The van der Waals surface area contributed by atoms with E-state index in [1.165, 1.54) is 12.1 Å². The van der Waals surface area contributed by atoms with Gasteiger partial charge in [0, 0.05) is 28.8 Å². The highest BCUT2D eigenvalue weighted by atomic mass is 35.5. The Kier molecular flexibility index (Phi) is 5.94. The third-order valence-electron chi connectivity index (χ3n) is 4.33. The van der Waals surface area contributed by atoms with E-state index < -0.39 is 0 Å². The summed E-state index contributed by atoms with van der Waals surface area (Å²) in [4.78, 5) is 14.8. The van der Waals surface area contributed by atoms with Crippen LogP contribution in [0.4, 0.5) is 10.1 Å². The van der Waals surface area contributed by atoms with Crippen LogP contribution in [-0.4, -0.2) is 23.9 Å². The zero-order chi connectivity index (χ0) is 17.8. The number of benzene rings is 2. The fourth-order valence-electron chi connectivity index (χ4n) is 3.13. The standard InChI is InChI=1S/C19H19Cl2FN2O/c20-15-8-16(21)10-18(9-15)23-19(25)14-2-1-7-24(12-14)11-13-3-5-17(22)6-4-13/h3-6,8-10,14H,1-2,7,11-12H2,(H,23,25)/t14-/m1/s1. The zero-order valence-electron chi connectivity index (χ0n) is 13.6. The number of rotatable bonds is 4. The molecule has 0 bridgehead atoms. The molecule has 0 unspecified atom stereocenters. The molecule has 25 heavy (non-hydrogen) atoms. The quantitative estimate of drug-likeness (QED) is 0.810. The van der Waals surface area contributed by atoms with E-state index >= 15 is 0 Å². The second-order valence-corrected chi connectivity index (χ2v) is 7.22. The topological polar surface area (TPSA) is 32.3 Å². The number of nitrogens with zero attached hydrogens (tertiary/aromatic N) is 1. The van der Waals surface area contributed by atoms with Crippen LogP contribution < -0.4 is 5.32 Å². The number of hydrogen-bond acceptors (Lipinski definition) is 2. The zero-order valence-corrected chi connectivity index (χ0v) is 15.2. The number of nitrogens with one attached hydrogen (secondary N) is 1. The molecule has 1 aliphatic rings. The first-order valence-electron chi connectivity index (χ1n) is 8.23. The number of halogens is 3. The summed E-state index contributed by atoms with van der Waals surface area (Å²) in [7, 11) is 0. The van der Waals surface area contributed by atoms with Crippen LogP contribution in [0.25, 0.3) is 0 Å². The molecule has 1 atom stereocenters. The minimum Gasteiger partial charge on any atom is -0.326 e. The van der Waals surface area contributed by atoms with Crippen LogP contribution in [-0.2, 0) is 11.3 Å². The second kappa shape index (κ2) is 8.17. The van der Waals surface area contributed by atoms with Crippen LogP contribution in [0.1, 0.15) is 18.4 Å². The molecular weight excluding hydrogens is 362 g/mol. The van der Waals surface area contributed by atoms with Crippen molar-refractivity contribution in [3.05, 3.63) is 63.9 Å². The molecule has 3 nitrogen and oxygen atoms in total. The summed E-state index contributed by atoms with van der Waals surface area (Å²) in [5, 5.41) is 3.88. The molecule has 0 saturated carbocycles. The third-order valence-corrected chi connectivity index (χ3v) is 4.76. The van der Waals surface area contributed by atoms with Crippen molar-refractivity contribution in [3.8, 4) is 0 Å². The Morgan fingerprint density at radius 2 is 1.84 bits per heavy atom. The van der Waals surface area contributed by atoms with Crippen LogP contribution in [0.5, 0.6) is 0 Å². The minimum atomic E-state index is -0.236. The molecule has 1 heterocycles. The van der Waals surface area contributed by atoms with Crippen molar-refractivity contribution in [2.24, 2.45) is 5.92 Å². The molecule has 2 aromatic rings. The van der Waals surface area contributed by atoms with Gasteiger partial charge in [-0.15, -0.1) is 0 Å². The summed E-state index contributed by atoms with van der Waals surface area (Å²) < 4.78 is 13.0. The smallest absolute Gasteiger partial charge is 0.228 e. The van der Waals surface area contributed by atoms with Gasteiger partial charge in [-0.2, -0.15) is 0 Å². The number of anilines is 1. The van der Waals surface area contributed by atoms with Crippen molar-refractivity contribution in [2.75, 3.05) is 18.4 Å². The van der Waals surface area contributed by atoms with E-state index in [0.717, 1.165) is 24.9 Å². The molecule has 3 rings (SSSR count). The summed E-state index contributed by atoms with van der Waals surface area (Å²) in [5.41, 5.74) is 1.65. The molecule has 132 valence electrons. The van der Waals surface area contributed by atoms with Gasteiger partial charge in [-0.25, -0.2) is 4.39 Å². The number of carbonyl (C=O) groups is 1. The highest BCUT2D eigenvalue weighted by Crippen LogP contribution is 2.25. The number of carbonyl (C=O) groups excluding carboxylic acids is 1. The maximum absolute atomic E-state index is 13.0. The van der Waals surface area contributed by atoms with Gasteiger partial charge in [-0.3, -0.25) is 9.69 Å². The largest absolute Gasteiger partial charge is 0.326 e. The molecule has 1 N–H and O–H groups in total. The van der Waals surface area contributed by atoms with Gasteiger partial charge in [0.05, 0.1) is 5.92 Å². The van der Waals surface area contributed by atoms with E-state index in [4.69, 9.17) is 23.2 Å². The fourth-order valence-corrected chi connectivity index (χ4v) is 3.66. The van der Waals surface area contributed by atoms with Gasteiger partial charge in [0.15, 0.2) is 0 Å². The summed E-state index contributed by atoms with van der Waals surface area (Å²) >= 11 is 11.9. The molecule has 1 saturated heterocycles. The Morgan fingerprint density at radius 1 is 1.16 bits per heavy atom. The van der Waals surface area contributed by atoms with Crippen molar-refractivity contribution in [1.82, 2.24) is 4.90 Å². The number of amides is 1. The predicted molar refractivity (Wildman–Crippen MR) is 99.5 cm³/mol. The van der Waals surface area contributed by atoms with E-state index in [9.17, 15) is 9.18 Å². The van der Waals surface area contributed by atoms with Crippen molar-refractivity contribution >= 4 is 34.8 Å². The molecule has 1 aliphatic heterocycles. The molecule has 0 aromatic heterocycles. The molecule has 1 fully saturated rings. The van der Waals surface area contributed by atoms with Gasteiger partial charge < -0.3 is 5.32 Å². The van der Waals surface area contributed by atoms with Crippen molar-refractivity contribution in [3.63, 3.8) is 0 Å². The Morgan fingerprint density at radius 3 is 2.52 bits per heavy atom. The van der Waals surface area contributed by atoms with Crippen LogP contribution in [0.15, 0.2) is 42.5 Å². The first kappa shape index (κ1) is 18.2. The van der Waals surface area contributed by atoms with E-state index in [1.54, 1.807) is 30.3 Å². The van der Waals surface area contributed by atoms with Crippen LogP contribution >= 0.6 is 23.2 Å². The molecule has 0 aliphatic carbocycles. The van der Waals surface area contributed by atoms with Crippen LogP contribution in [0.3, 0.4) is 0 Å².